The molecule has 0 fully saturated rings. The lowest BCUT2D eigenvalue weighted by Crippen LogP contribution is -2.38. The molecular formula is C14H15N3O2. The molecule has 1 N–H and O–H groups in total. The summed E-state index contributed by atoms with van der Waals surface area (Å²) in [4.78, 5) is 13.9. The van der Waals surface area contributed by atoms with Crippen LogP contribution in [0.5, 0.6) is 0 Å². The molecule has 0 radical (unpaired) electrons. The fourth-order valence-corrected chi connectivity index (χ4v) is 2.28. The lowest BCUT2D eigenvalue weighted by Gasteiger charge is -2.28. The van der Waals surface area contributed by atoms with Gasteiger partial charge in [0.05, 0.1) is 0 Å². The van der Waals surface area contributed by atoms with Crippen molar-refractivity contribution >= 4 is 11.8 Å². The number of fused-ring (bicyclic) bond motifs is 1. The molecule has 1 aliphatic heterocycles. The van der Waals surface area contributed by atoms with E-state index in [9.17, 15) is 4.79 Å². The number of carbonyl (C=O) groups excluding carboxylic acids is 1. The van der Waals surface area contributed by atoms with Crippen molar-refractivity contribution in [1.82, 2.24) is 10.1 Å². The van der Waals surface area contributed by atoms with Gasteiger partial charge in [0.15, 0.2) is 5.82 Å². The Kier molecular flexibility index (Phi) is 2.95. The molecule has 0 bridgehead atoms. The highest BCUT2D eigenvalue weighted by Crippen LogP contribution is 2.19. The largest absolute Gasteiger partial charge is 0.360 e. The molecule has 1 aromatic carbocycles. The van der Waals surface area contributed by atoms with E-state index in [2.05, 4.69) is 22.6 Å². The van der Waals surface area contributed by atoms with Crippen LogP contribution < -0.4 is 5.32 Å². The predicted octanol–water partition coefficient (Wildman–Crippen LogP) is 2.57. The summed E-state index contributed by atoms with van der Waals surface area (Å²) < 4.78 is 4.93. The van der Waals surface area contributed by atoms with Gasteiger partial charge in [-0.15, -0.1) is 0 Å². The zero-order valence-corrected chi connectivity index (χ0v) is 10.7. The molecule has 0 atom stereocenters. The van der Waals surface area contributed by atoms with Crippen LogP contribution in [0.3, 0.4) is 0 Å². The number of rotatable bonds is 1. The van der Waals surface area contributed by atoms with E-state index in [1.807, 2.05) is 12.1 Å². The fraction of sp³-hybridized carbons (Fsp3) is 0.286. The van der Waals surface area contributed by atoms with Gasteiger partial charge in [-0.2, -0.15) is 0 Å². The summed E-state index contributed by atoms with van der Waals surface area (Å²) in [6.45, 7) is 3.15. The number of aryl methyl sites for hydroxylation is 1. The average molecular weight is 257 g/mol. The first kappa shape index (κ1) is 11.8. The van der Waals surface area contributed by atoms with Crippen LogP contribution in [0.2, 0.25) is 0 Å². The molecule has 3 rings (SSSR count). The SMILES string of the molecule is Cc1cc(NC(=O)N2CCc3ccccc3C2)no1. The molecule has 5 heteroatoms. The Balaban J connectivity index is 1.69. The first-order chi connectivity index (χ1) is 9.22. The standard InChI is InChI=1S/C14H15N3O2/c1-10-8-13(16-19-10)15-14(18)17-7-6-11-4-2-3-5-12(11)9-17/h2-5,8H,6-7,9H2,1H3,(H,15,16,18). The Morgan fingerprint density at radius 2 is 2.16 bits per heavy atom. The van der Waals surface area contributed by atoms with Crippen molar-refractivity contribution in [3.8, 4) is 0 Å². The first-order valence-electron chi connectivity index (χ1n) is 6.28. The third-order valence-electron chi connectivity index (χ3n) is 3.28. The quantitative estimate of drug-likeness (QED) is 0.854. The number of nitrogens with zero attached hydrogens (tertiary/aromatic N) is 2. The molecule has 1 aliphatic rings. The van der Waals surface area contributed by atoms with Crippen LogP contribution in [-0.2, 0) is 13.0 Å². The van der Waals surface area contributed by atoms with E-state index in [0.29, 0.717) is 18.1 Å². The highest BCUT2D eigenvalue weighted by Gasteiger charge is 2.20. The van der Waals surface area contributed by atoms with E-state index in [-0.39, 0.29) is 6.03 Å². The Morgan fingerprint density at radius 3 is 2.89 bits per heavy atom. The molecular weight excluding hydrogens is 242 g/mol. The summed E-state index contributed by atoms with van der Waals surface area (Å²) in [5, 5.41) is 6.51. The van der Waals surface area contributed by atoms with Crippen LogP contribution in [0.1, 0.15) is 16.9 Å². The Morgan fingerprint density at radius 1 is 1.37 bits per heavy atom. The van der Waals surface area contributed by atoms with Gasteiger partial charge in [0.1, 0.15) is 5.76 Å². The van der Waals surface area contributed by atoms with Gasteiger partial charge in [0.25, 0.3) is 0 Å². The van der Waals surface area contributed by atoms with E-state index < -0.39 is 0 Å². The number of hydrogen-bond acceptors (Lipinski definition) is 3. The third kappa shape index (κ3) is 2.45. The minimum atomic E-state index is -0.136. The topological polar surface area (TPSA) is 58.4 Å². The number of urea groups is 1. The monoisotopic (exact) mass is 257 g/mol. The van der Waals surface area contributed by atoms with Crippen molar-refractivity contribution in [3.05, 3.63) is 47.2 Å². The predicted molar refractivity (Wildman–Crippen MR) is 70.8 cm³/mol. The van der Waals surface area contributed by atoms with Crippen LogP contribution >= 0.6 is 0 Å². The third-order valence-corrected chi connectivity index (χ3v) is 3.28. The summed E-state index contributed by atoms with van der Waals surface area (Å²) in [6, 6.07) is 9.78. The Hall–Kier alpha value is -2.30. The first-order valence-corrected chi connectivity index (χ1v) is 6.28. The number of nitrogens with one attached hydrogen (secondary N) is 1. The molecule has 0 unspecified atom stereocenters. The van der Waals surface area contributed by atoms with Crippen molar-refractivity contribution in [2.24, 2.45) is 0 Å². The van der Waals surface area contributed by atoms with Crippen LogP contribution in [-0.4, -0.2) is 22.6 Å². The van der Waals surface area contributed by atoms with Gasteiger partial charge in [-0.25, -0.2) is 4.79 Å². The highest BCUT2D eigenvalue weighted by atomic mass is 16.5. The normalized spacial score (nSPS) is 14.1. The van der Waals surface area contributed by atoms with Crippen molar-refractivity contribution < 1.29 is 9.32 Å². The van der Waals surface area contributed by atoms with Gasteiger partial charge >= 0.3 is 6.03 Å². The van der Waals surface area contributed by atoms with Gasteiger partial charge < -0.3 is 9.42 Å². The Labute approximate surface area is 111 Å². The second-order valence-corrected chi connectivity index (χ2v) is 4.69. The number of aromatic nitrogens is 1. The molecule has 5 nitrogen and oxygen atoms in total. The van der Waals surface area contributed by atoms with E-state index in [4.69, 9.17) is 4.52 Å². The maximum atomic E-state index is 12.1. The van der Waals surface area contributed by atoms with Crippen molar-refractivity contribution in [3.63, 3.8) is 0 Å². The molecule has 0 saturated carbocycles. The lowest BCUT2D eigenvalue weighted by atomic mass is 10.0. The van der Waals surface area contributed by atoms with E-state index in [1.54, 1.807) is 17.9 Å². The van der Waals surface area contributed by atoms with Crippen molar-refractivity contribution in [1.29, 1.82) is 0 Å². The van der Waals surface area contributed by atoms with Crippen molar-refractivity contribution in [2.45, 2.75) is 19.9 Å². The number of benzene rings is 1. The summed E-state index contributed by atoms with van der Waals surface area (Å²) in [5.74, 6) is 1.14. The molecule has 1 aromatic heterocycles. The maximum Gasteiger partial charge on any atom is 0.323 e. The van der Waals surface area contributed by atoms with Crippen LogP contribution in [0, 0.1) is 6.92 Å². The summed E-state index contributed by atoms with van der Waals surface area (Å²) >= 11 is 0. The molecule has 2 heterocycles. The molecule has 2 aromatic rings. The van der Waals surface area contributed by atoms with Gasteiger partial charge in [0.2, 0.25) is 0 Å². The van der Waals surface area contributed by atoms with Crippen molar-refractivity contribution in [2.75, 3.05) is 11.9 Å². The smallest absolute Gasteiger partial charge is 0.323 e. The summed E-state index contributed by atoms with van der Waals surface area (Å²) in [7, 11) is 0. The number of anilines is 1. The lowest BCUT2D eigenvalue weighted by molar-refractivity contribution is 0.206. The molecule has 19 heavy (non-hydrogen) atoms. The molecule has 0 saturated heterocycles. The Bertz CT molecular complexity index is 606. The molecule has 0 spiro atoms. The summed E-state index contributed by atoms with van der Waals surface area (Å²) in [5.41, 5.74) is 2.53. The van der Waals surface area contributed by atoms with Gasteiger partial charge in [0, 0.05) is 19.2 Å². The second kappa shape index (κ2) is 4.76. The zero-order chi connectivity index (χ0) is 13.2. The molecule has 98 valence electrons. The molecule has 2 amide bonds. The average Bonchev–Trinajstić information content (AvgIpc) is 2.83. The van der Waals surface area contributed by atoms with Gasteiger partial charge in [-0.3, -0.25) is 5.32 Å². The number of hydrogen-bond donors (Lipinski definition) is 1. The van der Waals surface area contributed by atoms with Crippen LogP contribution in [0.15, 0.2) is 34.9 Å². The fourth-order valence-electron chi connectivity index (χ4n) is 2.28. The second-order valence-electron chi connectivity index (χ2n) is 4.69. The van der Waals surface area contributed by atoms with Crippen LogP contribution in [0.25, 0.3) is 0 Å². The minimum absolute atomic E-state index is 0.136. The zero-order valence-electron chi connectivity index (χ0n) is 10.7. The highest BCUT2D eigenvalue weighted by molar-refractivity contribution is 5.88. The van der Waals surface area contributed by atoms with Gasteiger partial charge in [-0.05, 0) is 24.5 Å². The van der Waals surface area contributed by atoms with Crippen LogP contribution in [0.4, 0.5) is 10.6 Å². The van der Waals surface area contributed by atoms with Gasteiger partial charge in [-0.1, -0.05) is 29.4 Å². The molecule has 0 aliphatic carbocycles. The van der Waals surface area contributed by atoms with E-state index >= 15 is 0 Å². The summed E-state index contributed by atoms with van der Waals surface area (Å²) in [6.07, 6.45) is 0.890. The minimum Gasteiger partial charge on any atom is -0.360 e. The number of carbonyl (C=O) groups is 1. The maximum absolute atomic E-state index is 12.1. The van der Waals surface area contributed by atoms with E-state index in [0.717, 1.165) is 13.0 Å². The van der Waals surface area contributed by atoms with E-state index in [1.165, 1.54) is 11.1 Å². The number of amides is 2.